The summed E-state index contributed by atoms with van der Waals surface area (Å²) in [4.78, 5) is -0.103. The normalized spacial score (nSPS) is 11.7. The van der Waals surface area contributed by atoms with Crippen molar-refractivity contribution in [2.24, 2.45) is 7.05 Å². The van der Waals surface area contributed by atoms with Crippen LogP contribution in [0, 0.1) is 0 Å². The Labute approximate surface area is 105 Å². The van der Waals surface area contributed by atoms with E-state index in [0.29, 0.717) is 16.9 Å². The summed E-state index contributed by atoms with van der Waals surface area (Å²) in [5, 5.41) is 13.7. The number of phenols is 1. The van der Waals surface area contributed by atoms with Gasteiger partial charge in [-0.05, 0) is 17.7 Å². The Morgan fingerprint density at radius 3 is 2.50 bits per heavy atom. The van der Waals surface area contributed by atoms with Gasteiger partial charge in [-0.25, -0.2) is 8.42 Å². The molecule has 2 rings (SSSR count). The minimum absolute atomic E-state index is 0.103. The molecule has 1 heterocycles. The van der Waals surface area contributed by atoms with E-state index in [-0.39, 0.29) is 10.6 Å². The summed E-state index contributed by atoms with van der Waals surface area (Å²) in [6, 6.07) is 4.31. The zero-order valence-corrected chi connectivity index (χ0v) is 10.8. The van der Waals surface area contributed by atoms with E-state index in [1.54, 1.807) is 19.3 Å². The number of aromatic nitrogens is 2. The van der Waals surface area contributed by atoms with Gasteiger partial charge in [0.05, 0.1) is 6.20 Å². The van der Waals surface area contributed by atoms with E-state index < -0.39 is 9.84 Å². The zero-order chi connectivity index (χ0) is 13.5. The van der Waals surface area contributed by atoms with E-state index >= 15 is 0 Å². The highest BCUT2D eigenvalue weighted by atomic mass is 32.2. The second-order valence-corrected chi connectivity index (χ2v) is 6.01. The van der Waals surface area contributed by atoms with Crippen LogP contribution in [0.15, 0.2) is 29.3 Å². The van der Waals surface area contributed by atoms with E-state index in [0.717, 1.165) is 6.26 Å². The predicted octanol–water partition coefficient (Wildman–Crippen LogP) is 0.778. The fourth-order valence-electron chi connectivity index (χ4n) is 1.67. The lowest BCUT2D eigenvalue weighted by atomic mass is 10.1. The smallest absolute Gasteiger partial charge is 0.179 e. The molecule has 0 unspecified atom stereocenters. The fourth-order valence-corrected chi connectivity index (χ4v) is 2.42. The van der Waals surface area contributed by atoms with Crippen LogP contribution in [-0.2, 0) is 16.9 Å². The molecule has 0 aliphatic carbocycles. The van der Waals surface area contributed by atoms with Gasteiger partial charge in [0.15, 0.2) is 9.84 Å². The van der Waals surface area contributed by atoms with Crippen LogP contribution in [0.25, 0.3) is 11.1 Å². The summed E-state index contributed by atoms with van der Waals surface area (Å²) in [5.41, 5.74) is 7.07. The lowest BCUT2D eigenvalue weighted by Crippen LogP contribution is -1.99. The van der Waals surface area contributed by atoms with Crippen molar-refractivity contribution in [1.29, 1.82) is 0 Å². The Bertz CT molecular complexity index is 704. The van der Waals surface area contributed by atoms with Gasteiger partial charge >= 0.3 is 0 Å². The average molecular weight is 267 g/mol. The van der Waals surface area contributed by atoms with Gasteiger partial charge in [0.2, 0.25) is 0 Å². The number of aromatic hydroxyl groups is 1. The molecule has 0 fully saturated rings. The molecule has 0 atom stereocenters. The number of nitrogen functional groups attached to an aromatic ring is 1. The number of sulfone groups is 1. The third-order valence-electron chi connectivity index (χ3n) is 2.65. The summed E-state index contributed by atoms with van der Waals surface area (Å²) in [6.45, 7) is 0. The highest BCUT2D eigenvalue weighted by molar-refractivity contribution is 7.90. The number of rotatable bonds is 2. The first-order chi connectivity index (χ1) is 8.30. The molecule has 7 heteroatoms. The van der Waals surface area contributed by atoms with Crippen LogP contribution in [0.2, 0.25) is 0 Å². The second-order valence-electron chi connectivity index (χ2n) is 4.02. The van der Waals surface area contributed by atoms with E-state index in [1.165, 1.54) is 16.8 Å². The van der Waals surface area contributed by atoms with Crippen molar-refractivity contribution < 1.29 is 13.5 Å². The number of nitrogens with zero attached hydrogens (tertiary/aromatic N) is 2. The van der Waals surface area contributed by atoms with Crippen LogP contribution in [0.1, 0.15) is 0 Å². The average Bonchev–Trinajstić information content (AvgIpc) is 2.58. The van der Waals surface area contributed by atoms with Crippen molar-refractivity contribution in [3.05, 3.63) is 24.4 Å². The number of anilines is 1. The molecule has 0 spiro atoms. The molecule has 0 bridgehead atoms. The van der Waals surface area contributed by atoms with Gasteiger partial charge in [0.1, 0.15) is 16.5 Å². The van der Waals surface area contributed by atoms with E-state index in [4.69, 9.17) is 5.73 Å². The number of aryl methyl sites for hydroxylation is 1. The molecule has 6 nitrogen and oxygen atoms in total. The van der Waals surface area contributed by atoms with E-state index in [2.05, 4.69) is 5.10 Å². The zero-order valence-electron chi connectivity index (χ0n) is 9.95. The number of nitrogens with two attached hydrogens (primary N) is 1. The van der Waals surface area contributed by atoms with Crippen LogP contribution in [0.3, 0.4) is 0 Å². The maximum atomic E-state index is 11.4. The SMILES string of the molecule is Cn1ncc(-c2ccc(S(C)(=O)=O)c(O)c2)c1N. The molecule has 1 aromatic carbocycles. The molecule has 0 saturated carbocycles. The molecule has 1 aromatic heterocycles. The van der Waals surface area contributed by atoms with Crippen molar-refractivity contribution in [1.82, 2.24) is 9.78 Å². The molecular formula is C11H13N3O3S. The van der Waals surface area contributed by atoms with Crippen molar-refractivity contribution in [3.63, 3.8) is 0 Å². The number of hydrogen-bond donors (Lipinski definition) is 2. The molecule has 2 aromatic rings. The molecule has 0 amide bonds. The van der Waals surface area contributed by atoms with Gasteiger partial charge in [-0.3, -0.25) is 4.68 Å². The van der Waals surface area contributed by atoms with Crippen LogP contribution in [0.5, 0.6) is 5.75 Å². The number of hydrogen-bond acceptors (Lipinski definition) is 5. The van der Waals surface area contributed by atoms with Crippen molar-refractivity contribution >= 4 is 15.7 Å². The van der Waals surface area contributed by atoms with Gasteiger partial charge < -0.3 is 10.8 Å². The summed E-state index contributed by atoms with van der Waals surface area (Å²) in [6.07, 6.45) is 2.60. The summed E-state index contributed by atoms with van der Waals surface area (Å²) in [5.74, 6) is 0.153. The van der Waals surface area contributed by atoms with Crippen molar-refractivity contribution in [2.45, 2.75) is 4.90 Å². The van der Waals surface area contributed by atoms with Gasteiger partial charge in [-0.15, -0.1) is 0 Å². The standard InChI is InChI=1S/C11H13N3O3S/c1-14-11(12)8(6-13-14)7-3-4-10(9(15)5-7)18(2,16)17/h3-6,15H,12H2,1-2H3. The summed E-state index contributed by atoms with van der Waals surface area (Å²) >= 11 is 0. The lowest BCUT2D eigenvalue weighted by molar-refractivity contribution is 0.459. The Balaban J connectivity index is 2.57. The van der Waals surface area contributed by atoms with E-state index in [1.807, 2.05) is 0 Å². The first-order valence-corrected chi connectivity index (χ1v) is 7.01. The van der Waals surface area contributed by atoms with Crippen LogP contribution in [-0.4, -0.2) is 29.6 Å². The van der Waals surface area contributed by atoms with Crippen molar-refractivity contribution in [3.8, 4) is 16.9 Å². The fraction of sp³-hybridized carbons (Fsp3) is 0.182. The maximum Gasteiger partial charge on any atom is 0.179 e. The quantitative estimate of drug-likeness (QED) is 0.837. The number of phenolic OH excluding ortho intramolecular Hbond substituents is 1. The van der Waals surface area contributed by atoms with Crippen LogP contribution >= 0.6 is 0 Å². The highest BCUT2D eigenvalue weighted by Gasteiger charge is 2.15. The molecule has 0 aliphatic heterocycles. The molecule has 3 N–H and O–H groups in total. The van der Waals surface area contributed by atoms with Crippen LogP contribution in [0.4, 0.5) is 5.82 Å². The van der Waals surface area contributed by atoms with Gasteiger partial charge in [-0.2, -0.15) is 5.10 Å². The van der Waals surface area contributed by atoms with Crippen LogP contribution < -0.4 is 5.73 Å². The Kier molecular flexibility index (Phi) is 2.78. The first kappa shape index (κ1) is 12.4. The van der Waals surface area contributed by atoms with Gasteiger partial charge in [0, 0.05) is 18.9 Å². The van der Waals surface area contributed by atoms with Gasteiger partial charge in [-0.1, -0.05) is 6.07 Å². The lowest BCUT2D eigenvalue weighted by Gasteiger charge is -2.05. The van der Waals surface area contributed by atoms with Gasteiger partial charge in [0.25, 0.3) is 0 Å². The first-order valence-electron chi connectivity index (χ1n) is 5.11. The van der Waals surface area contributed by atoms with E-state index in [9.17, 15) is 13.5 Å². The molecule has 0 saturated heterocycles. The topological polar surface area (TPSA) is 98.2 Å². The predicted molar refractivity (Wildman–Crippen MR) is 67.8 cm³/mol. The third-order valence-corrected chi connectivity index (χ3v) is 3.80. The van der Waals surface area contributed by atoms with Crippen molar-refractivity contribution in [2.75, 3.05) is 12.0 Å². The highest BCUT2D eigenvalue weighted by Crippen LogP contribution is 2.31. The molecule has 0 aliphatic rings. The minimum atomic E-state index is -3.44. The molecular weight excluding hydrogens is 254 g/mol. The molecule has 0 radical (unpaired) electrons. The Morgan fingerprint density at radius 2 is 2.06 bits per heavy atom. The second kappa shape index (κ2) is 4.02. The summed E-state index contributed by atoms with van der Waals surface area (Å²) < 4.78 is 24.2. The third kappa shape index (κ3) is 2.04. The minimum Gasteiger partial charge on any atom is -0.507 e. The maximum absolute atomic E-state index is 11.4. The largest absolute Gasteiger partial charge is 0.507 e. The molecule has 96 valence electrons. The Morgan fingerprint density at radius 1 is 1.39 bits per heavy atom. The monoisotopic (exact) mass is 267 g/mol. The molecule has 18 heavy (non-hydrogen) atoms. The summed E-state index contributed by atoms with van der Waals surface area (Å²) in [7, 11) is -1.74. The Hall–Kier alpha value is -2.02. The number of benzene rings is 1.